The molecule has 1 N–H and O–H groups in total. The Bertz CT molecular complexity index is 318. The van der Waals surface area contributed by atoms with Crippen molar-refractivity contribution in [3.63, 3.8) is 0 Å². The summed E-state index contributed by atoms with van der Waals surface area (Å²) in [7, 11) is 3.80. The fourth-order valence-corrected chi connectivity index (χ4v) is 1.98. The Morgan fingerprint density at radius 3 is 2.69 bits per heavy atom. The molecule has 1 fully saturated rings. The van der Waals surface area contributed by atoms with Crippen molar-refractivity contribution in [2.75, 3.05) is 32.6 Å². The molecule has 0 amide bonds. The molecular formula is C12H19N3O. The molecule has 1 aliphatic rings. The second kappa shape index (κ2) is 5.16. The van der Waals surface area contributed by atoms with Crippen LogP contribution < -0.4 is 10.1 Å². The van der Waals surface area contributed by atoms with Crippen LogP contribution in [-0.2, 0) is 0 Å². The maximum Gasteiger partial charge on any atom is 0.213 e. The van der Waals surface area contributed by atoms with Crippen LogP contribution in [0.25, 0.3) is 0 Å². The number of hydrogen-bond donors (Lipinski definition) is 1. The minimum absolute atomic E-state index is 0.575. The van der Waals surface area contributed by atoms with Crippen LogP contribution in [0, 0.1) is 0 Å². The number of hydrogen-bond acceptors (Lipinski definition) is 4. The van der Waals surface area contributed by atoms with Crippen molar-refractivity contribution in [2.24, 2.45) is 0 Å². The Hall–Kier alpha value is -1.29. The predicted molar refractivity (Wildman–Crippen MR) is 64.9 cm³/mol. The lowest BCUT2D eigenvalue weighted by atomic mass is 10.1. The maximum absolute atomic E-state index is 5.03. The monoisotopic (exact) mass is 221 g/mol. The van der Waals surface area contributed by atoms with Gasteiger partial charge in [0.15, 0.2) is 0 Å². The molecule has 0 unspecified atom stereocenters. The van der Waals surface area contributed by atoms with Crippen molar-refractivity contribution in [1.82, 2.24) is 9.88 Å². The summed E-state index contributed by atoms with van der Waals surface area (Å²) in [6.45, 7) is 2.34. The van der Waals surface area contributed by atoms with Gasteiger partial charge < -0.3 is 15.0 Å². The van der Waals surface area contributed by atoms with Gasteiger partial charge in [-0.05, 0) is 39.0 Å². The highest BCUT2D eigenvalue weighted by Gasteiger charge is 2.16. The number of likely N-dealkylation sites (tertiary alicyclic amines) is 1. The fraction of sp³-hybridized carbons (Fsp3) is 0.583. The number of ether oxygens (including phenoxy) is 1. The van der Waals surface area contributed by atoms with Gasteiger partial charge >= 0.3 is 0 Å². The highest BCUT2D eigenvalue weighted by Crippen LogP contribution is 2.16. The van der Waals surface area contributed by atoms with Crippen LogP contribution in [0.4, 0.5) is 5.69 Å². The molecule has 4 heteroatoms. The lowest BCUT2D eigenvalue weighted by Gasteiger charge is -2.30. The third-order valence-electron chi connectivity index (χ3n) is 3.03. The number of piperidine rings is 1. The number of methoxy groups -OCH3 is 1. The summed E-state index contributed by atoms with van der Waals surface area (Å²) in [6, 6.07) is 4.48. The molecule has 16 heavy (non-hydrogen) atoms. The van der Waals surface area contributed by atoms with Crippen molar-refractivity contribution in [3.8, 4) is 5.88 Å². The summed E-state index contributed by atoms with van der Waals surface area (Å²) < 4.78 is 5.03. The Morgan fingerprint density at radius 1 is 1.38 bits per heavy atom. The molecule has 0 saturated carbocycles. The summed E-state index contributed by atoms with van der Waals surface area (Å²) in [5.41, 5.74) is 1.08. The van der Waals surface area contributed by atoms with E-state index in [1.807, 2.05) is 18.3 Å². The average Bonchev–Trinajstić information content (AvgIpc) is 2.33. The van der Waals surface area contributed by atoms with E-state index in [1.165, 1.54) is 25.9 Å². The lowest BCUT2D eigenvalue weighted by Crippen LogP contribution is -2.36. The number of rotatable bonds is 3. The minimum Gasteiger partial charge on any atom is -0.481 e. The Balaban J connectivity index is 1.88. The van der Waals surface area contributed by atoms with Crippen molar-refractivity contribution >= 4 is 5.69 Å². The average molecular weight is 221 g/mol. The first-order chi connectivity index (χ1) is 7.78. The first-order valence-corrected chi connectivity index (χ1v) is 5.73. The molecule has 0 radical (unpaired) electrons. The first kappa shape index (κ1) is 11.2. The second-order valence-corrected chi connectivity index (χ2v) is 4.31. The van der Waals surface area contributed by atoms with Gasteiger partial charge in [-0.1, -0.05) is 0 Å². The number of nitrogens with zero attached hydrogens (tertiary/aromatic N) is 2. The van der Waals surface area contributed by atoms with E-state index in [0.29, 0.717) is 11.9 Å². The first-order valence-electron chi connectivity index (χ1n) is 5.73. The van der Waals surface area contributed by atoms with Crippen molar-refractivity contribution in [3.05, 3.63) is 18.3 Å². The molecule has 4 nitrogen and oxygen atoms in total. The fourth-order valence-electron chi connectivity index (χ4n) is 1.98. The quantitative estimate of drug-likeness (QED) is 0.841. The Kier molecular flexibility index (Phi) is 3.62. The van der Waals surface area contributed by atoms with E-state index in [9.17, 15) is 0 Å². The third kappa shape index (κ3) is 2.85. The molecule has 1 aromatic heterocycles. The zero-order valence-corrected chi connectivity index (χ0v) is 9.94. The van der Waals surface area contributed by atoms with Crippen LogP contribution >= 0.6 is 0 Å². The van der Waals surface area contributed by atoms with Gasteiger partial charge in [0.1, 0.15) is 0 Å². The smallest absolute Gasteiger partial charge is 0.213 e. The lowest BCUT2D eigenvalue weighted by molar-refractivity contribution is 0.264. The van der Waals surface area contributed by atoms with E-state index in [2.05, 4.69) is 22.2 Å². The summed E-state index contributed by atoms with van der Waals surface area (Å²) >= 11 is 0. The SMILES string of the molecule is COc1ccc(NC2CCN(C)CC2)cn1. The summed E-state index contributed by atoms with van der Waals surface area (Å²) in [4.78, 5) is 6.55. The van der Waals surface area contributed by atoms with Crippen LogP contribution in [-0.4, -0.2) is 43.2 Å². The number of pyridine rings is 1. The van der Waals surface area contributed by atoms with Gasteiger partial charge in [-0.15, -0.1) is 0 Å². The highest BCUT2D eigenvalue weighted by molar-refractivity contribution is 5.43. The molecule has 2 heterocycles. The Labute approximate surface area is 96.6 Å². The van der Waals surface area contributed by atoms with Crippen LogP contribution in [0.1, 0.15) is 12.8 Å². The predicted octanol–water partition coefficient (Wildman–Crippen LogP) is 1.60. The van der Waals surface area contributed by atoms with Crippen LogP contribution in [0.5, 0.6) is 5.88 Å². The molecule has 0 aromatic carbocycles. The van der Waals surface area contributed by atoms with E-state index >= 15 is 0 Å². The standard InChI is InChI=1S/C12H19N3O/c1-15-7-5-10(6-8-15)14-11-3-4-12(16-2)13-9-11/h3-4,9-10,14H,5-8H2,1-2H3. The van der Waals surface area contributed by atoms with Gasteiger partial charge in [-0.25, -0.2) is 4.98 Å². The van der Waals surface area contributed by atoms with Crippen molar-refractivity contribution < 1.29 is 4.74 Å². The summed E-state index contributed by atoms with van der Waals surface area (Å²) in [6.07, 6.45) is 4.22. The normalized spacial score (nSPS) is 18.4. The number of nitrogens with one attached hydrogen (secondary N) is 1. The van der Waals surface area contributed by atoms with E-state index in [0.717, 1.165) is 5.69 Å². The molecule has 2 rings (SSSR count). The highest BCUT2D eigenvalue weighted by atomic mass is 16.5. The zero-order chi connectivity index (χ0) is 11.4. The molecule has 1 saturated heterocycles. The molecular weight excluding hydrogens is 202 g/mol. The van der Waals surface area contributed by atoms with Gasteiger partial charge in [-0.2, -0.15) is 0 Å². The topological polar surface area (TPSA) is 37.4 Å². The van der Waals surface area contributed by atoms with E-state index in [1.54, 1.807) is 7.11 Å². The van der Waals surface area contributed by atoms with Gasteiger partial charge in [0.05, 0.1) is 19.0 Å². The second-order valence-electron chi connectivity index (χ2n) is 4.31. The van der Waals surface area contributed by atoms with E-state index in [-0.39, 0.29) is 0 Å². The van der Waals surface area contributed by atoms with Crippen LogP contribution in [0.3, 0.4) is 0 Å². The van der Waals surface area contributed by atoms with Crippen molar-refractivity contribution in [1.29, 1.82) is 0 Å². The van der Waals surface area contributed by atoms with Gasteiger partial charge in [-0.3, -0.25) is 0 Å². The maximum atomic E-state index is 5.03. The number of anilines is 1. The van der Waals surface area contributed by atoms with Gasteiger partial charge in [0.25, 0.3) is 0 Å². The molecule has 1 aromatic rings. The molecule has 0 aliphatic carbocycles. The number of aromatic nitrogens is 1. The van der Waals surface area contributed by atoms with E-state index in [4.69, 9.17) is 4.74 Å². The molecule has 1 aliphatic heterocycles. The zero-order valence-electron chi connectivity index (χ0n) is 9.94. The van der Waals surface area contributed by atoms with E-state index < -0.39 is 0 Å². The summed E-state index contributed by atoms with van der Waals surface area (Å²) in [5, 5.41) is 3.51. The van der Waals surface area contributed by atoms with Gasteiger partial charge in [0, 0.05) is 12.1 Å². The van der Waals surface area contributed by atoms with Crippen LogP contribution in [0.15, 0.2) is 18.3 Å². The molecule has 0 atom stereocenters. The molecule has 0 spiro atoms. The Morgan fingerprint density at radius 2 is 2.12 bits per heavy atom. The van der Waals surface area contributed by atoms with Crippen LogP contribution in [0.2, 0.25) is 0 Å². The van der Waals surface area contributed by atoms with Crippen molar-refractivity contribution in [2.45, 2.75) is 18.9 Å². The minimum atomic E-state index is 0.575. The summed E-state index contributed by atoms with van der Waals surface area (Å²) in [5.74, 6) is 0.661. The third-order valence-corrected chi connectivity index (χ3v) is 3.03. The molecule has 0 bridgehead atoms. The molecule has 88 valence electrons. The largest absolute Gasteiger partial charge is 0.481 e. The van der Waals surface area contributed by atoms with Gasteiger partial charge in [0.2, 0.25) is 5.88 Å².